The second-order valence-electron chi connectivity index (χ2n) is 5.71. The molecule has 1 saturated carbocycles. The molecule has 4 heteroatoms. The van der Waals surface area contributed by atoms with Gasteiger partial charge in [-0.05, 0) is 31.9 Å². The molecule has 1 heterocycles. The second kappa shape index (κ2) is 6.65. The van der Waals surface area contributed by atoms with Crippen LogP contribution in [0.1, 0.15) is 39.0 Å². The SMILES string of the molecule is CCN(C1=NC(=O)C2CCCCCC2S1)c1ccccc1. The highest BCUT2D eigenvalue weighted by molar-refractivity contribution is 8.14. The zero-order valence-corrected chi connectivity index (χ0v) is 13.3. The fourth-order valence-electron chi connectivity index (χ4n) is 3.20. The Morgan fingerprint density at radius 2 is 1.95 bits per heavy atom. The van der Waals surface area contributed by atoms with Crippen LogP contribution < -0.4 is 4.90 Å². The highest BCUT2D eigenvalue weighted by Gasteiger charge is 2.36. The maximum Gasteiger partial charge on any atom is 0.252 e. The Hall–Kier alpha value is -1.29. The zero-order valence-electron chi connectivity index (χ0n) is 12.5. The first kappa shape index (κ1) is 14.6. The van der Waals surface area contributed by atoms with E-state index in [-0.39, 0.29) is 11.8 Å². The van der Waals surface area contributed by atoms with Crippen molar-refractivity contribution in [1.29, 1.82) is 0 Å². The van der Waals surface area contributed by atoms with Gasteiger partial charge >= 0.3 is 0 Å². The minimum atomic E-state index is 0.102. The minimum Gasteiger partial charge on any atom is -0.321 e. The van der Waals surface area contributed by atoms with Crippen molar-refractivity contribution < 1.29 is 4.79 Å². The summed E-state index contributed by atoms with van der Waals surface area (Å²) in [6, 6.07) is 10.2. The van der Waals surface area contributed by atoms with Crippen molar-refractivity contribution in [2.75, 3.05) is 11.4 Å². The number of aliphatic imine (C=N–C) groups is 1. The van der Waals surface area contributed by atoms with Gasteiger partial charge in [0.15, 0.2) is 5.17 Å². The third-order valence-electron chi connectivity index (χ3n) is 4.35. The van der Waals surface area contributed by atoms with Crippen molar-refractivity contribution in [3.63, 3.8) is 0 Å². The molecule has 1 aliphatic carbocycles. The van der Waals surface area contributed by atoms with Crippen LogP contribution in [-0.4, -0.2) is 22.9 Å². The third kappa shape index (κ3) is 3.15. The van der Waals surface area contributed by atoms with Crippen LogP contribution in [0.2, 0.25) is 0 Å². The number of hydrogen-bond donors (Lipinski definition) is 0. The van der Waals surface area contributed by atoms with E-state index in [9.17, 15) is 4.79 Å². The Labute approximate surface area is 130 Å². The van der Waals surface area contributed by atoms with Crippen molar-refractivity contribution in [3.8, 4) is 0 Å². The normalized spacial score (nSPS) is 25.8. The maximum atomic E-state index is 12.4. The number of benzene rings is 1. The Kier molecular flexibility index (Phi) is 4.63. The summed E-state index contributed by atoms with van der Waals surface area (Å²) in [5.74, 6) is 0.251. The monoisotopic (exact) mass is 302 g/mol. The summed E-state index contributed by atoms with van der Waals surface area (Å²) in [5.41, 5.74) is 1.12. The molecule has 0 bridgehead atoms. The fraction of sp³-hybridized carbons (Fsp3) is 0.529. The number of fused-ring (bicyclic) bond motifs is 1. The topological polar surface area (TPSA) is 32.7 Å². The van der Waals surface area contributed by atoms with Crippen molar-refractivity contribution in [2.45, 2.75) is 44.3 Å². The molecular weight excluding hydrogens is 280 g/mol. The van der Waals surface area contributed by atoms with E-state index < -0.39 is 0 Å². The minimum absolute atomic E-state index is 0.102. The molecule has 0 spiro atoms. The molecule has 0 N–H and O–H groups in total. The first-order valence-corrected chi connectivity index (χ1v) is 8.79. The first-order valence-electron chi connectivity index (χ1n) is 7.91. The number of nitrogens with zero attached hydrogens (tertiary/aromatic N) is 2. The van der Waals surface area contributed by atoms with E-state index >= 15 is 0 Å². The molecule has 3 nitrogen and oxygen atoms in total. The van der Waals surface area contributed by atoms with E-state index in [1.54, 1.807) is 0 Å². The number of para-hydroxylation sites is 1. The third-order valence-corrected chi connectivity index (χ3v) is 5.74. The van der Waals surface area contributed by atoms with Gasteiger partial charge in [0.2, 0.25) is 0 Å². The van der Waals surface area contributed by atoms with Crippen molar-refractivity contribution in [2.24, 2.45) is 10.9 Å². The molecule has 21 heavy (non-hydrogen) atoms. The molecule has 0 saturated heterocycles. The van der Waals surface area contributed by atoms with Gasteiger partial charge in [-0.25, -0.2) is 0 Å². The fourth-order valence-corrected chi connectivity index (χ4v) is 4.67. The number of amides is 1. The van der Waals surface area contributed by atoms with Gasteiger partial charge in [-0.3, -0.25) is 4.79 Å². The average molecular weight is 302 g/mol. The number of carbonyl (C=O) groups is 1. The van der Waals surface area contributed by atoms with Gasteiger partial charge in [0, 0.05) is 17.5 Å². The molecule has 1 aliphatic heterocycles. The lowest BCUT2D eigenvalue weighted by Gasteiger charge is -2.32. The van der Waals surface area contributed by atoms with Crippen LogP contribution in [0, 0.1) is 5.92 Å². The molecule has 1 aromatic carbocycles. The van der Waals surface area contributed by atoms with E-state index in [0.29, 0.717) is 5.25 Å². The van der Waals surface area contributed by atoms with E-state index in [2.05, 4.69) is 28.9 Å². The van der Waals surface area contributed by atoms with Crippen LogP contribution in [0.5, 0.6) is 0 Å². The quantitative estimate of drug-likeness (QED) is 0.825. The van der Waals surface area contributed by atoms with Crippen molar-refractivity contribution in [1.82, 2.24) is 0 Å². The summed E-state index contributed by atoms with van der Waals surface area (Å²) in [7, 11) is 0. The van der Waals surface area contributed by atoms with Gasteiger partial charge in [-0.2, -0.15) is 4.99 Å². The standard InChI is InChI=1S/C17H22N2OS/c1-2-19(13-9-5-3-6-10-13)17-18-16(20)14-11-7-4-8-12-15(14)21-17/h3,5-6,9-10,14-15H,2,4,7-8,11-12H2,1H3. The molecule has 2 atom stereocenters. The molecule has 1 amide bonds. The number of anilines is 1. The summed E-state index contributed by atoms with van der Waals surface area (Å²) < 4.78 is 0. The van der Waals surface area contributed by atoms with Crippen molar-refractivity contribution >= 4 is 28.5 Å². The van der Waals surface area contributed by atoms with Crippen LogP contribution in [0.4, 0.5) is 5.69 Å². The van der Waals surface area contributed by atoms with Gasteiger partial charge in [0.1, 0.15) is 0 Å². The Balaban J connectivity index is 1.86. The van der Waals surface area contributed by atoms with Crippen molar-refractivity contribution in [3.05, 3.63) is 30.3 Å². The van der Waals surface area contributed by atoms with Crippen LogP contribution in [0.15, 0.2) is 35.3 Å². The van der Waals surface area contributed by atoms with Crippen LogP contribution in [0.3, 0.4) is 0 Å². The lowest BCUT2D eigenvalue weighted by molar-refractivity contribution is -0.121. The molecule has 1 aromatic rings. The van der Waals surface area contributed by atoms with Gasteiger partial charge < -0.3 is 4.90 Å². The summed E-state index contributed by atoms with van der Waals surface area (Å²) in [5, 5.41) is 1.31. The largest absolute Gasteiger partial charge is 0.321 e. The van der Waals surface area contributed by atoms with E-state index in [4.69, 9.17) is 0 Å². The van der Waals surface area contributed by atoms with Gasteiger partial charge in [0.25, 0.3) is 5.91 Å². The van der Waals surface area contributed by atoms with Crippen LogP contribution >= 0.6 is 11.8 Å². The number of hydrogen-bond acceptors (Lipinski definition) is 3. The zero-order chi connectivity index (χ0) is 14.7. The lowest BCUT2D eigenvalue weighted by Crippen LogP contribution is -2.38. The summed E-state index contributed by atoms with van der Waals surface area (Å²) >= 11 is 1.82. The van der Waals surface area contributed by atoms with Gasteiger partial charge in [-0.1, -0.05) is 49.2 Å². The predicted molar refractivity (Wildman–Crippen MR) is 89.9 cm³/mol. The number of carbonyl (C=O) groups excluding carboxylic acids is 1. The van der Waals surface area contributed by atoms with Crippen LogP contribution in [-0.2, 0) is 4.79 Å². The van der Waals surface area contributed by atoms with E-state index in [1.165, 1.54) is 19.3 Å². The maximum absolute atomic E-state index is 12.4. The second-order valence-corrected chi connectivity index (χ2v) is 6.92. The highest BCUT2D eigenvalue weighted by atomic mass is 32.2. The average Bonchev–Trinajstić information content (AvgIpc) is 2.75. The molecule has 2 unspecified atom stereocenters. The number of thioether (sulfide) groups is 1. The number of amidine groups is 1. The Morgan fingerprint density at radius 1 is 1.19 bits per heavy atom. The molecule has 1 fully saturated rings. The summed E-state index contributed by atoms with van der Waals surface area (Å²) in [6.45, 7) is 2.94. The van der Waals surface area contributed by atoms with Gasteiger partial charge in [-0.15, -0.1) is 0 Å². The van der Waals surface area contributed by atoms with Crippen LogP contribution in [0.25, 0.3) is 0 Å². The Morgan fingerprint density at radius 3 is 2.71 bits per heavy atom. The smallest absolute Gasteiger partial charge is 0.252 e. The molecule has 112 valence electrons. The molecule has 2 aliphatic rings. The molecule has 3 rings (SSSR count). The molecular formula is C17H22N2OS. The highest BCUT2D eigenvalue weighted by Crippen LogP contribution is 2.38. The van der Waals surface area contributed by atoms with E-state index in [1.807, 2.05) is 30.0 Å². The van der Waals surface area contributed by atoms with E-state index in [0.717, 1.165) is 30.2 Å². The molecule has 0 aromatic heterocycles. The lowest BCUT2D eigenvalue weighted by atomic mass is 9.99. The summed E-state index contributed by atoms with van der Waals surface area (Å²) in [4.78, 5) is 19.0. The molecule has 0 radical (unpaired) electrons. The summed E-state index contributed by atoms with van der Waals surface area (Å²) in [6.07, 6.45) is 5.84. The first-order chi connectivity index (χ1) is 10.3. The Bertz CT molecular complexity index is 529. The number of rotatable bonds is 2. The van der Waals surface area contributed by atoms with Gasteiger partial charge in [0.05, 0.1) is 5.92 Å². The predicted octanol–water partition coefficient (Wildman–Crippen LogP) is 4.09.